The van der Waals surface area contributed by atoms with Gasteiger partial charge in [0.25, 0.3) is 0 Å². The summed E-state index contributed by atoms with van der Waals surface area (Å²) in [5.41, 5.74) is 0.0138. The Hall–Kier alpha value is -1.73. The number of benzene rings is 1. The quantitative estimate of drug-likeness (QED) is 0.746. The lowest BCUT2D eigenvalue weighted by molar-refractivity contribution is -0.162. The summed E-state index contributed by atoms with van der Waals surface area (Å²) in [6.45, 7) is 5.46. The predicted octanol–water partition coefficient (Wildman–Crippen LogP) is 2.23. The zero-order valence-corrected chi connectivity index (χ0v) is 16.3. The summed E-state index contributed by atoms with van der Waals surface area (Å²) >= 11 is 0. The number of hydrogen-bond acceptors (Lipinski definition) is 6. The molecule has 0 saturated heterocycles. The van der Waals surface area contributed by atoms with Gasteiger partial charge in [-0.3, -0.25) is 4.79 Å². The minimum atomic E-state index is -1.66. The smallest absolute Gasteiger partial charge is 0.161 e. The topological polar surface area (TPSA) is 96.2 Å². The summed E-state index contributed by atoms with van der Waals surface area (Å²) in [5, 5.41) is 32.1. The molecule has 0 radical (unpaired) electrons. The molecule has 0 spiro atoms. The molecular formula is C21H28O6. The van der Waals surface area contributed by atoms with Gasteiger partial charge in [-0.05, 0) is 24.1 Å². The van der Waals surface area contributed by atoms with E-state index in [1.54, 1.807) is 19.1 Å². The fourth-order valence-electron chi connectivity index (χ4n) is 4.53. The van der Waals surface area contributed by atoms with Crippen LogP contribution in [-0.4, -0.2) is 47.0 Å². The average molecular weight is 376 g/mol. The lowest BCUT2D eigenvalue weighted by atomic mass is 9.56. The van der Waals surface area contributed by atoms with Crippen LogP contribution in [-0.2, 0) is 9.53 Å². The number of ketones is 1. The van der Waals surface area contributed by atoms with E-state index in [2.05, 4.69) is 0 Å². The molecule has 0 aromatic heterocycles. The van der Waals surface area contributed by atoms with E-state index >= 15 is 0 Å². The molecule has 0 unspecified atom stereocenters. The van der Waals surface area contributed by atoms with Crippen LogP contribution in [0.4, 0.5) is 0 Å². The molecule has 2 aliphatic rings. The lowest BCUT2D eigenvalue weighted by Crippen LogP contribution is -2.56. The van der Waals surface area contributed by atoms with Gasteiger partial charge in [-0.15, -0.1) is 0 Å². The van der Waals surface area contributed by atoms with Gasteiger partial charge in [0.15, 0.2) is 5.78 Å². The molecule has 1 aromatic rings. The zero-order chi connectivity index (χ0) is 20.0. The lowest BCUT2D eigenvalue weighted by Gasteiger charge is -2.52. The Morgan fingerprint density at radius 3 is 2.63 bits per heavy atom. The van der Waals surface area contributed by atoms with Crippen molar-refractivity contribution < 1.29 is 29.6 Å². The number of methoxy groups -OCH3 is 1. The number of Topliss-reactive ketones (excluding diaryl/α,β-unsaturated/α-hetero) is 1. The number of fused-ring (bicyclic) bond motifs is 3. The summed E-state index contributed by atoms with van der Waals surface area (Å²) in [7, 11) is 1.50. The van der Waals surface area contributed by atoms with Gasteiger partial charge in [-0.25, -0.2) is 0 Å². The Labute approximate surface area is 159 Å². The van der Waals surface area contributed by atoms with E-state index in [0.29, 0.717) is 28.9 Å². The number of aliphatic hydroxyl groups excluding tert-OH is 2. The number of allylic oxidation sites excluding steroid dienone is 1. The standard InChI is InChI=1S/C21H28O6/c1-12-14-10-17(27-9-8-22)13-6-5-7-16(26-4)18(13)19(24)21(25,11-15(12)23)20(14,2)3/h5-7,17,19,22,24-25H,8-11H2,1-4H3/t17-,19-,21+/m0/s1. The van der Waals surface area contributed by atoms with Gasteiger partial charge in [0.05, 0.1) is 26.4 Å². The fraction of sp³-hybridized carbons (Fsp3) is 0.571. The number of ether oxygens (including phenoxy) is 2. The summed E-state index contributed by atoms with van der Waals surface area (Å²) in [5.74, 6) is 0.258. The van der Waals surface area contributed by atoms with E-state index in [4.69, 9.17) is 9.47 Å². The normalized spacial score (nSPS) is 29.8. The number of carbonyl (C=O) groups is 1. The van der Waals surface area contributed by atoms with E-state index in [9.17, 15) is 20.1 Å². The largest absolute Gasteiger partial charge is 0.496 e. The molecule has 6 heteroatoms. The molecule has 2 aliphatic carbocycles. The first-order chi connectivity index (χ1) is 12.7. The molecule has 3 rings (SSSR count). The van der Waals surface area contributed by atoms with Crippen molar-refractivity contribution in [1.82, 2.24) is 0 Å². The van der Waals surface area contributed by atoms with Gasteiger partial charge in [0, 0.05) is 23.8 Å². The van der Waals surface area contributed by atoms with Crippen LogP contribution in [0.5, 0.6) is 5.75 Å². The van der Waals surface area contributed by atoms with Gasteiger partial charge in [-0.1, -0.05) is 31.6 Å². The van der Waals surface area contributed by atoms with Gasteiger partial charge >= 0.3 is 0 Å². The van der Waals surface area contributed by atoms with Gasteiger partial charge in [0.2, 0.25) is 0 Å². The van der Waals surface area contributed by atoms with Crippen LogP contribution >= 0.6 is 0 Å². The summed E-state index contributed by atoms with van der Waals surface area (Å²) < 4.78 is 11.4. The maximum Gasteiger partial charge on any atom is 0.161 e. The van der Waals surface area contributed by atoms with E-state index in [1.807, 2.05) is 19.9 Å². The zero-order valence-electron chi connectivity index (χ0n) is 16.3. The first-order valence-electron chi connectivity index (χ1n) is 9.22. The highest BCUT2D eigenvalue weighted by Gasteiger charge is 2.58. The maximum atomic E-state index is 12.7. The molecule has 2 bridgehead atoms. The molecule has 0 saturated carbocycles. The van der Waals surface area contributed by atoms with E-state index in [1.165, 1.54) is 7.11 Å². The molecule has 1 aromatic carbocycles. The van der Waals surface area contributed by atoms with Crippen molar-refractivity contribution in [2.24, 2.45) is 5.41 Å². The summed E-state index contributed by atoms with van der Waals surface area (Å²) in [6.07, 6.45) is -1.57. The highest BCUT2D eigenvalue weighted by Crippen LogP contribution is 2.57. The first kappa shape index (κ1) is 20.0. The molecule has 0 fully saturated rings. The number of carbonyl (C=O) groups excluding carboxylic acids is 1. The predicted molar refractivity (Wildman–Crippen MR) is 99.4 cm³/mol. The number of hydrogen-bond donors (Lipinski definition) is 3. The van der Waals surface area contributed by atoms with Crippen LogP contribution in [0.1, 0.15) is 56.9 Å². The van der Waals surface area contributed by atoms with Crippen molar-refractivity contribution in [3.63, 3.8) is 0 Å². The van der Waals surface area contributed by atoms with Crippen LogP contribution in [0.2, 0.25) is 0 Å². The molecule has 0 heterocycles. The van der Waals surface area contributed by atoms with Crippen molar-refractivity contribution in [3.8, 4) is 5.75 Å². The molecular weight excluding hydrogens is 348 g/mol. The highest BCUT2D eigenvalue weighted by atomic mass is 16.5. The van der Waals surface area contributed by atoms with Crippen molar-refractivity contribution in [1.29, 1.82) is 0 Å². The third kappa shape index (κ3) is 2.91. The first-order valence-corrected chi connectivity index (χ1v) is 9.22. The highest BCUT2D eigenvalue weighted by molar-refractivity contribution is 5.98. The second-order valence-electron chi connectivity index (χ2n) is 7.91. The van der Waals surface area contributed by atoms with Crippen molar-refractivity contribution in [3.05, 3.63) is 40.5 Å². The Morgan fingerprint density at radius 2 is 2.00 bits per heavy atom. The van der Waals surface area contributed by atoms with Crippen LogP contribution in [0.15, 0.2) is 29.3 Å². The SMILES string of the molecule is COc1cccc2c1[C@H](O)[C@]1(O)CC(=O)C(C)=C(C[C@@H]2OCCO)C1(C)C. The van der Waals surface area contributed by atoms with Gasteiger partial charge in [-0.2, -0.15) is 0 Å². The second-order valence-corrected chi connectivity index (χ2v) is 7.91. The molecule has 148 valence electrons. The van der Waals surface area contributed by atoms with E-state index in [-0.39, 0.29) is 25.4 Å². The molecule has 27 heavy (non-hydrogen) atoms. The third-order valence-corrected chi connectivity index (χ3v) is 6.33. The second kappa shape index (κ2) is 7.02. The summed E-state index contributed by atoms with van der Waals surface area (Å²) in [6, 6.07) is 5.35. The van der Waals surface area contributed by atoms with Crippen LogP contribution in [0.25, 0.3) is 0 Å². The average Bonchev–Trinajstić information content (AvgIpc) is 2.64. The van der Waals surface area contributed by atoms with Gasteiger partial charge < -0.3 is 24.8 Å². The molecule has 0 amide bonds. The molecule has 3 atom stereocenters. The molecule has 6 nitrogen and oxygen atoms in total. The van der Waals surface area contributed by atoms with Crippen molar-refractivity contribution in [2.75, 3.05) is 20.3 Å². The number of aliphatic hydroxyl groups is 3. The van der Waals surface area contributed by atoms with Crippen LogP contribution in [0, 0.1) is 5.41 Å². The van der Waals surface area contributed by atoms with Crippen molar-refractivity contribution in [2.45, 2.75) is 51.4 Å². The maximum absolute atomic E-state index is 12.7. The Kier molecular flexibility index (Phi) is 5.20. The molecule has 3 N–H and O–H groups in total. The molecule has 0 aliphatic heterocycles. The van der Waals surface area contributed by atoms with Gasteiger partial charge in [0.1, 0.15) is 17.5 Å². The fourth-order valence-corrected chi connectivity index (χ4v) is 4.53. The van der Waals surface area contributed by atoms with E-state index in [0.717, 1.165) is 5.57 Å². The Balaban J connectivity index is 2.30. The monoisotopic (exact) mass is 376 g/mol. The minimum Gasteiger partial charge on any atom is -0.496 e. The minimum absolute atomic E-state index is 0.127. The third-order valence-electron chi connectivity index (χ3n) is 6.33. The van der Waals surface area contributed by atoms with Crippen LogP contribution < -0.4 is 4.74 Å². The van der Waals surface area contributed by atoms with Crippen molar-refractivity contribution >= 4 is 5.78 Å². The number of rotatable bonds is 4. The Bertz CT molecular complexity index is 781. The van der Waals surface area contributed by atoms with E-state index < -0.39 is 23.2 Å². The van der Waals surface area contributed by atoms with Crippen LogP contribution in [0.3, 0.4) is 0 Å². The Morgan fingerprint density at radius 1 is 1.30 bits per heavy atom. The summed E-state index contributed by atoms with van der Waals surface area (Å²) in [4.78, 5) is 12.7.